The Hall–Kier alpha value is -1.32. The van der Waals surface area contributed by atoms with Gasteiger partial charge in [-0.1, -0.05) is 27.4 Å². The molecule has 1 spiro atoms. The van der Waals surface area contributed by atoms with Crippen LogP contribution in [-0.2, 0) is 9.59 Å². The lowest BCUT2D eigenvalue weighted by molar-refractivity contribution is -0.133. The van der Waals surface area contributed by atoms with E-state index in [4.69, 9.17) is 5.73 Å². The molecule has 3 N–H and O–H groups in total. The van der Waals surface area contributed by atoms with Crippen LogP contribution in [0.1, 0.15) is 65.7 Å². The summed E-state index contributed by atoms with van der Waals surface area (Å²) in [6.45, 7) is 10.2. The highest BCUT2D eigenvalue weighted by Gasteiger charge is 2.45. The number of hydrogen-bond acceptors (Lipinski definition) is 2. The van der Waals surface area contributed by atoms with Crippen molar-refractivity contribution >= 4 is 11.8 Å². The van der Waals surface area contributed by atoms with Gasteiger partial charge in [-0.05, 0) is 50.4 Å². The molecule has 0 unspecified atom stereocenters. The Kier molecular flexibility index (Phi) is 4.69. The quantitative estimate of drug-likeness (QED) is 0.781. The van der Waals surface area contributed by atoms with Gasteiger partial charge in [0.15, 0.2) is 0 Å². The van der Waals surface area contributed by atoms with Gasteiger partial charge < -0.3 is 11.1 Å². The number of nitrogens with one attached hydrogen (secondary N) is 1. The van der Waals surface area contributed by atoms with E-state index in [0.717, 1.165) is 43.7 Å². The maximum Gasteiger partial charge on any atom is 0.230 e. The van der Waals surface area contributed by atoms with Crippen molar-refractivity contribution in [2.75, 3.05) is 0 Å². The number of amides is 2. The molecule has 0 aromatic rings. The fraction of sp³-hybridized carbons (Fsp3) is 0.778. The van der Waals surface area contributed by atoms with E-state index in [2.05, 4.69) is 25.7 Å². The number of allylic oxidation sites excluding steroid dienone is 1. The first-order valence-corrected chi connectivity index (χ1v) is 8.46. The van der Waals surface area contributed by atoms with E-state index in [1.807, 2.05) is 6.92 Å². The van der Waals surface area contributed by atoms with Gasteiger partial charge in [0.2, 0.25) is 11.8 Å². The highest BCUT2D eigenvalue weighted by molar-refractivity contribution is 5.87. The fourth-order valence-electron chi connectivity index (χ4n) is 4.22. The highest BCUT2D eigenvalue weighted by Crippen LogP contribution is 2.46. The number of carbonyl (C=O) groups is 2. The van der Waals surface area contributed by atoms with Crippen LogP contribution < -0.4 is 11.1 Å². The maximum absolute atomic E-state index is 11.7. The molecule has 0 aromatic heterocycles. The average molecular weight is 306 g/mol. The minimum atomic E-state index is -0.167. The number of carbonyl (C=O) groups excluding carboxylic acids is 2. The molecule has 0 radical (unpaired) electrons. The van der Waals surface area contributed by atoms with Crippen LogP contribution in [0.25, 0.3) is 0 Å². The van der Waals surface area contributed by atoms with Gasteiger partial charge in [-0.25, -0.2) is 0 Å². The Morgan fingerprint density at radius 3 is 2.09 bits per heavy atom. The van der Waals surface area contributed by atoms with E-state index in [1.54, 1.807) is 0 Å². The van der Waals surface area contributed by atoms with E-state index in [1.165, 1.54) is 12.8 Å². The van der Waals surface area contributed by atoms with Crippen LogP contribution in [0, 0.1) is 22.7 Å². The molecule has 1 heterocycles. The zero-order valence-electron chi connectivity index (χ0n) is 14.2. The van der Waals surface area contributed by atoms with Gasteiger partial charge in [-0.3, -0.25) is 9.59 Å². The molecular weight excluding hydrogens is 276 g/mol. The van der Waals surface area contributed by atoms with Crippen molar-refractivity contribution in [3.63, 3.8) is 0 Å². The molecule has 0 atom stereocenters. The van der Waals surface area contributed by atoms with E-state index in [0.29, 0.717) is 5.92 Å². The van der Waals surface area contributed by atoms with Crippen molar-refractivity contribution in [3.8, 4) is 0 Å². The lowest BCUT2D eigenvalue weighted by Crippen LogP contribution is -2.44. The van der Waals surface area contributed by atoms with Crippen molar-refractivity contribution < 1.29 is 9.59 Å². The van der Waals surface area contributed by atoms with Crippen LogP contribution in [0.4, 0.5) is 0 Å². The third kappa shape index (κ3) is 3.36. The molecule has 4 heteroatoms. The molecule has 3 aliphatic rings. The molecule has 0 aromatic carbocycles. The van der Waals surface area contributed by atoms with Gasteiger partial charge in [0.05, 0.1) is 5.41 Å². The average Bonchev–Trinajstić information content (AvgIpc) is 2.67. The van der Waals surface area contributed by atoms with Crippen molar-refractivity contribution in [1.29, 1.82) is 0 Å². The van der Waals surface area contributed by atoms with E-state index in [9.17, 15) is 9.59 Å². The van der Waals surface area contributed by atoms with Crippen molar-refractivity contribution in [2.45, 2.75) is 65.7 Å². The number of rotatable bonds is 1. The van der Waals surface area contributed by atoms with E-state index < -0.39 is 0 Å². The van der Waals surface area contributed by atoms with Crippen molar-refractivity contribution in [3.05, 3.63) is 12.3 Å². The van der Waals surface area contributed by atoms with Gasteiger partial charge in [0.25, 0.3) is 0 Å². The SMILES string of the molecule is C=C1CC2(CCC(C)CC2)C(=O)N1.CC1CC(C)(C(N)=O)C1. The first-order chi connectivity index (χ1) is 10.2. The van der Waals surface area contributed by atoms with Crippen LogP contribution in [0.15, 0.2) is 12.3 Å². The van der Waals surface area contributed by atoms with Crippen LogP contribution in [-0.4, -0.2) is 11.8 Å². The highest BCUT2D eigenvalue weighted by atomic mass is 16.2. The first-order valence-electron chi connectivity index (χ1n) is 8.46. The molecule has 2 amide bonds. The van der Waals surface area contributed by atoms with Gasteiger partial charge in [-0.15, -0.1) is 0 Å². The van der Waals surface area contributed by atoms with Crippen LogP contribution in [0.3, 0.4) is 0 Å². The lowest BCUT2D eigenvalue weighted by atomic mass is 9.63. The fourth-order valence-corrected chi connectivity index (χ4v) is 4.22. The summed E-state index contributed by atoms with van der Waals surface area (Å²) in [6.07, 6.45) is 7.32. The molecule has 3 rings (SSSR count). The predicted octanol–water partition coefficient (Wildman–Crippen LogP) is 3.12. The van der Waals surface area contributed by atoms with Crippen molar-refractivity contribution in [2.24, 2.45) is 28.4 Å². The monoisotopic (exact) mass is 306 g/mol. The molecule has 2 saturated carbocycles. The standard InChI is InChI=1S/C11H17NO.C7H13NO/c1-8-3-5-11(6-4-8)7-9(2)12-10(11)13;1-5-3-7(2,4-5)6(8)9/h8H,2-7H2,1H3,(H,12,13);5H,3-4H2,1-2H3,(H2,8,9). The maximum atomic E-state index is 11.7. The zero-order valence-corrected chi connectivity index (χ0v) is 14.2. The molecule has 2 aliphatic carbocycles. The Morgan fingerprint density at radius 1 is 1.23 bits per heavy atom. The minimum Gasteiger partial charge on any atom is -0.369 e. The van der Waals surface area contributed by atoms with Crippen LogP contribution in [0.2, 0.25) is 0 Å². The second-order valence-electron chi connectivity index (χ2n) is 8.14. The smallest absolute Gasteiger partial charge is 0.230 e. The first kappa shape index (κ1) is 17.0. The normalized spacial score (nSPS) is 40.5. The van der Waals surface area contributed by atoms with Crippen LogP contribution in [0.5, 0.6) is 0 Å². The van der Waals surface area contributed by atoms with Crippen molar-refractivity contribution in [1.82, 2.24) is 5.32 Å². The molecule has 4 nitrogen and oxygen atoms in total. The van der Waals surface area contributed by atoms with Gasteiger partial charge in [0.1, 0.15) is 0 Å². The van der Waals surface area contributed by atoms with Gasteiger partial charge in [-0.2, -0.15) is 0 Å². The third-order valence-corrected chi connectivity index (χ3v) is 5.75. The minimum absolute atomic E-state index is 0.0659. The molecule has 22 heavy (non-hydrogen) atoms. The Balaban J connectivity index is 0.000000172. The number of primary amides is 1. The largest absolute Gasteiger partial charge is 0.369 e. The molecular formula is C18H30N2O2. The lowest BCUT2D eigenvalue weighted by Gasteiger charge is -2.40. The Bertz CT molecular complexity index is 469. The summed E-state index contributed by atoms with van der Waals surface area (Å²) in [6, 6.07) is 0. The summed E-state index contributed by atoms with van der Waals surface area (Å²) >= 11 is 0. The number of nitrogens with two attached hydrogens (primary N) is 1. The zero-order chi connectivity index (χ0) is 16.5. The number of hydrogen-bond donors (Lipinski definition) is 2. The van der Waals surface area contributed by atoms with E-state index >= 15 is 0 Å². The summed E-state index contributed by atoms with van der Waals surface area (Å²) in [4.78, 5) is 22.4. The Labute approximate surface area is 133 Å². The summed E-state index contributed by atoms with van der Waals surface area (Å²) in [5.41, 5.74) is 5.84. The van der Waals surface area contributed by atoms with Gasteiger partial charge >= 0.3 is 0 Å². The molecule has 0 bridgehead atoms. The molecule has 3 fully saturated rings. The summed E-state index contributed by atoms with van der Waals surface area (Å²) in [5, 5.41) is 2.86. The van der Waals surface area contributed by atoms with E-state index in [-0.39, 0.29) is 22.6 Å². The third-order valence-electron chi connectivity index (χ3n) is 5.75. The molecule has 124 valence electrons. The summed E-state index contributed by atoms with van der Waals surface area (Å²) < 4.78 is 0. The van der Waals surface area contributed by atoms with Gasteiger partial charge in [0, 0.05) is 17.5 Å². The Morgan fingerprint density at radius 2 is 1.77 bits per heavy atom. The topological polar surface area (TPSA) is 72.2 Å². The second-order valence-corrected chi connectivity index (χ2v) is 8.14. The summed E-state index contributed by atoms with van der Waals surface area (Å²) in [7, 11) is 0. The molecule has 1 aliphatic heterocycles. The van der Waals surface area contributed by atoms with Crippen LogP contribution >= 0.6 is 0 Å². The molecule has 1 saturated heterocycles. The summed E-state index contributed by atoms with van der Waals surface area (Å²) in [5.74, 6) is 1.58. The second kappa shape index (κ2) is 6.05. The predicted molar refractivity (Wildman–Crippen MR) is 87.7 cm³/mol.